The second-order valence-electron chi connectivity index (χ2n) is 5.64. The van der Waals surface area contributed by atoms with E-state index in [1.165, 1.54) is 0 Å². The Morgan fingerprint density at radius 3 is 2.50 bits per heavy atom. The Balaban J connectivity index is 3.06. The molecular weight excluding hydrogens is 254 g/mol. The number of aliphatic carboxylic acids is 1. The fourth-order valence-corrected chi connectivity index (χ4v) is 2.38. The average Bonchev–Trinajstić information content (AvgIpc) is 2.36. The second-order valence-corrected chi connectivity index (χ2v) is 5.64. The summed E-state index contributed by atoms with van der Waals surface area (Å²) in [6, 6.07) is 6.01. The molecule has 0 aliphatic rings. The molecule has 0 fully saturated rings. The van der Waals surface area contributed by atoms with Crippen molar-refractivity contribution in [3.05, 3.63) is 29.3 Å². The van der Waals surface area contributed by atoms with Crippen molar-refractivity contribution in [3.63, 3.8) is 0 Å². The summed E-state index contributed by atoms with van der Waals surface area (Å²) in [7, 11) is 1.64. The number of benzene rings is 1. The quantitative estimate of drug-likeness (QED) is 0.833. The van der Waals surface area contributed by atoms with Gasteiger partial charge in [0, 0.05) is 18.2 Å². The maximum absolute atomic E-state index is 11.1. The van der Waals surface area contributed by atoms with Gasteiger partial charge in [-0.15, -0.1) is 0 Å². The van der Waals surface area contributed by atoms with E-state index >= 15 is 0 Å². The van der Waals surface area contributed by atoms with Gasteiger partial charge in [0.05, 0.1) is 13.7 Å². The van der Waals surface area contributed by atoms with E-state index in [4.69, 9.17) is 9.84 Å². The Kier molecular flexibility index (Phi) is 6.02. The predicted molar refractivity (Wildman–Crippen MR) is 80.2 cm³/mol. The molecule has 0 aliphatic carbocycles. The van der Waals surface area contributed by atoms with Gasteiger partial charge in [-0.3, -0.25) is 9.69 Å². The van der Waals surface area contributed by atoms with Crippen LogP contribution in [0.2, 0.25) is 0 Å². The lowest BCUT2D eigenvalue weighted by Gasteiger charge is -2.30. The van der Waals surface area contributed by atoms with Crippen molar-refractivity contribution >= 4 is 5.97 Å². The van der Waals surface area contributed by atoms with Gasteiger partial charge in [0.2, 0.25) is 0 Å². The molecule has 1 atom stereocenters. The van der Waals surface area contributed by atoms with Crippen LogP contribution < -0.4 is 4.74 Å². The minimum atomic E-state index is -0.802. The van der Waals surface area contributed by atoms with Crippen LogP contribution in [0, 0.1) is 12.8 Å². The Bertz CT molecular complexity index is 457. The Morgan fingerprint density at radius 1 is 1.35 bits per heavy atom. The molecule has 0 aromatic heterocycles. The molecule has 0 radical (unpaired) electrons. The number of methoxy groups -OCH3 is 1. The van der Waals surface area contributed by atoms with Gasteiger partial charge in [-0.1, -0.05) is 31.5 Å². The minimum Gasteiger partial charge on any atom is -0.496 e. The van der Waals surface area contributed by atoms with Gasteiger partial charge >= 0.3 is 5.97 Å². The molecule has 1 N–H and O–H groups in total. The highest BCUT2D eigenvalue weighted by molar-refractivity contribution is 5.69. The Morgan fingerprint density at radius 2 is 2.00 bits per heavy atom. The lowest BCUT2D eigenvalue weighted by Crippen LogP contribution is -2.35. The highest BCUT2D eigenvalue weighted by atomic mass is 16.5. The van der Waals surface area contributed by atoms with Gasteiger partial charge in [-0.25, -0.2) is 0 Å². The number of rotatable bonds is 7. The van der Waals surface area contributed by atoms with E-state index in [0.29, 0.717) is 5.92 Å². The van der Waals surface area contributed by atoms with Gasteiger partial charge in [-0.2, -0.15) is 0 Å². The van der Waals surface area contributed by atoms with E-state index < -0.39 is 5.97 Å². The van der Waals surface area contributed by atoms with Crippen molar-refractivity contribution in [3.8, 4) is 5.75 Å². The molecular formula is C16H25NO3. The molecule has 0 spiro atoms. The smallest absolute Gasteiger partial charge is 0.317 e. The predicted octanol–water partition coefficient (Wildman–Crippen LogP) is 3.11. The number of ether oxygens (including phenoxy) is 1. The summed E-state index contributed by atoms with van der Waals surface area (Å²) in [6.07, 6.45) is 0. The average molecular weight is 279 g/mol. The molecule has 0 amide bonds. The van der Waals surface area contributed by atoms with Crippen LogP contribution in [0.25, 0.3) is 0 Å². The molecule has 0 saturated heterocycles. The van der Waals surface area contributed by atoms with Gasteiger partial charge in [0.1, 0.15) is 5.75 Å². The number of carbonyl (C=O) groups is 1. The first-order valence-corrected chi connectivity index (χ1v) is 6.95. The molecule has 1 unspecified atom stereocenters. The van der Waals surface area contributed by atoms with Crippen LogP contribution in [0.4, 0.5) is 0 Å². The van der Waals surface area contributed by atoms with Crippen LogP contribution in [0.5, 0.6) is 5.75 Å². The molecule has 1 aromatic carbocycles. The third-order valence-electron chi connectivity index (χ3n) is 3.32. The first kappa shape index (κ1) is 16.5. The van der Waals surface area contributed by atoms with Crippen molar-refractivity contribution in [2.75, 3.05) is 20.2 Å². The van der Waals surface area contributed by atoms with Crippen molar-refractivity contribution in [2.24, 2.45) is 5.92 Å². The fourth-order valence-electron chi connectivity index (χ4n) is 2.38. The first-order chi connectivity index (χ1) is 9.35. The molecule has 4 nitrogen and oxygen atoms in total. The molecule has 0 heterocycles. The molecule has 112 valence electrons. The van der Waals surface area contributed by atoms with Crippen molar-refractivity contribution < 1.29 is 14.6 Å². The summed E-state index contributed by atoms with van der Waals surface area (Å²) in [5.74, 6) is 0.416. The van der Waals surface area contributed by atoms with Gasteiger partial charge in [0.15, 0.2) is 0 Å². The van der Waals surface area contributed by atoms with E-state index in [1.807, 2.05) is 30.9 Å². The van der Waals surface area contributed by atoms with Crippen LogP contribution in [0.3, 0.4) is 0 Å². The zero-order chi connectivity index (χ0) is 15.3. The number of aryl methyl sites for hydroxylation is 1. The molecule has 0 saturated carbocycles. The van der Waals surface area contributed by atoms with E-state index in [0.717, 1.165) is 23.4 Å². The topological polar surface area (TPSA) is 49.8 Å². The van der Waals surface area contributed by atoms with Crippen LogP contribution in [-0.4, -0.2) is 36.2 Å². The zero-order valence-electron chi connectivity index (χ0n) is 13.0. The number of nitrogens with zero attached hydrogens (tertiary/aromatic N) is 1. The summed E-state index contributed by atoms with van der Waals surface area (Å²) in [5.41, 5.74) is 2.18. The standard InChI is InChI=1S/C16H25NO3/c1-11(2)9-17(10-16(18)19)13(4)14-8-12(3)6-7-15(14)20-5/h6-8,11,13H,9-10H2,1-5H3,(H,18,19). The van der Waals surface area contributed by atoms with E-state index in [-0.39, 0.29) is 12.6 Å². The summed E-state index contributed by atoms with van der Waals surface area (Å²) >= 11 is 0. The second kappa shape index (κ2) is 7.29. The normalized spacial score (nSPS) is 12.8. The van der Waals surface area contributed by atoms with E-state index in [2.05, 4.69) is 19.9 Å². The summed E-state index contributed by atoms with van der Waals surface area (Å²) in [6.45, 7) is 9.02. The third kappa shape index (κ3) is 4.53. The molecule has 1 rings (SSSR count). The van der Waals surface area contributed by atoms with Crippen LogP contribution in [-0.2, 0) is 4.79 Å². The van der Waals surface area contributed by atoms with Gasteiger partial charge < -0.3 is 9.84 Å². The third-order valence-corrected chi connectivity index (χ3v) is 3.32. The Hall–Kier alpha value is -1.55. The monoisotopic (exact) mass is 279 g/mol. The zero-order valence-corrected chi connectivity index (χ0v) is 13.0. The molecule has 4 heteroatoms. The molecule has 0 aliphatic heterocycles. The largest absolute Gasteiger partial charge is 0.496 e. The number of hydrogen-bond acceptors (Lipinski definition) is 3. The number of carboxylic acid groups (broad SMARTS) is 1. The number of carboxylic acids is 1. The molecule has 20 heavy (non-hydrogen) atoms. The van der Waals surface area contributed by atoms with Crippen molar-refractivity contribution in [2.45, 2.75) is 33.7 Å². The SMILES string of the molecule is COc1ccc(C)cc1C(C)N(CC(=O)O)CC(C)C. The lowest BCUT2D eigenvalue weighted by atomic mass is 10.0. The molecule has 1 aromatic rings. The number of hydrogen-bond donors (Lipinski definition) is 1. The van der Waals surface area contributed by atoms with Crippen LogP contribution in [0.1, 0.15) is 37.9 Å². The van der Waals surface area contributed by atoms with Gasteiger partial charge in [-0.05, 0) is 25.8 Å². The van der Waals surface area contributed by atoms with E-state index in [9.17, 15) is 4.79 Å². The Labute approximate surface area is 121 Å². The van der Waals surface area contributed by atoms with Crippen LogP contribution in [0.15, 0.2) is 18.2 Å². The van der Waals surface area contributed by atoms with E-state index in [1.54, 1.807) is 7.11 Å². The first-order valence-electron chi connectivity index (χ1n) is 6.95. The summed E-state index contributed by atoms with van der Waals surface area (Å²) in [5, 5.41) is 9.10. The summed E-state index contributed by atoms with van der Waals surface area (Å²) in [4.78, 5) is 13.1. The maximum Gasteiger partial charge on any atom is 0.317 e. The fraction of sp³-hybridized carbons (Fsp3) is 0.562. The summed E-state index contributed by atoms with van der Waals surface area (Å²) < 4.78 is 5.41. The van der Waals surface area contributed by atoms with Crippen LogP contribution >= 0.6 is 0 Å². The maximum atomic E-state index is 11.1. The molecule has 0 bridgehead atoms. The lowest BCUT2D eigenvalue weighted by molar-refractivity contribution is -0.139. The van der Waals surface area contributed by atoms with Crippen molar-refractivity contribution in [1.82, 2.24) is 4.90 Å². The minimum absolute atomic E-state index is 0.00310. The van der Waals surface area contributed by atoms with Gasteiger partial charge in [0.25, 0.3) is 0 Å². The highest BCUT2D eigenvalue weighted by Gasteiger charge is 2.22. The highest BCUT2D eigenvalue weighted by Crippen LogP contribution is 2.30. The van der Waals surface area contributed by atoms with Crippen molar-refractivity contribution in [1.29, 1.82) is 0 Å².